The number of hydrogen-bond acceptors (Lipinski definition) is 9. The number of nitrogens with two attached hydrogens (primary N) is 4. The van der Waals surface area contributed by atoms with E-state index in [1.165, 1.54) is 0 Å². The molecule has 0 saturated carbocycles. The number of nitrogens with zero attached hydrogens (tertiary/aromatic N) is 1. The minimum absolute atomic E-state index is 0.0665. The van der Waals surface area contributed by atoms with Gasteiger partial charge in [-0.2, -0.15) is 0 Å². The van der Waals surface area contributed by atoms with Gasteiger partial charge in [0.05, 0.1) is 25.8 Å². The van der Waals surface area contributed by atoms with E-state index in [0.29, 0.717) is 6.42 Å². The number of nitrogens with one attached hydrogen (secondary N) is 3. The van der Waals surface area contributed by atoms with E-state index in [1.54, 1.807) is 0 Å². The summed E-state index contributed by atoms with van der Waals surface area (Å²) in [6, 6.07) is -5.92. The van der Waals surface area contributed by atoms with Crippen molar-refractivity contribution in [2.24, 2.45) is 22.9 Å². The van der Waals surface area contributed by atoms with Gasteiger partial charge in [0.1, 0.15) is 24.2 Å². The summed E-state index contributed by atoms with van der Waals surface area (Å²) in [4.78, 5) is 96.4. The number of carbonyl (C=O) groups is 8. The van der Waals surface area contributed by atoms with Crippen LogP contribution in [0.3, 0.4) is 0 Å². The second-order valence-electron chi connectivity index (χ2n) is 7.99. The number of hydrogen-bond donors (Lipinski definition) is 8. The van der Waals surface area contributed by atoms with Crippen molar-refractivity contribution in [2.75, 3.05) is 13.1 Å². The largest absolute Gasteiger partial charge is 0.480 e. The Morgan fingerprint density at radius 3 is 1.83 bits per heavy atom. The van der Waals surface area contributed by atoms with E-state index >= 15 is 0 Å². The van der Waals surface area contributed by atoms with Crippen molar-refractivity contribution >= 4 is 47.3 Å². The molecule has 1 aliphatic heterocycles. The Kier molecular flexibility index (Phi) is 11.2. The lowest BCUT2D eigenvalue weighted by Gasteiger charge is -2.29. The second-order valence-corrected chi connectivity index (χ2v) is 7.99. The van der Waals surface area contributed by atoms with Gasteiger partial charge in [0, 0.05) is 6.54 Å². The molecule has 12 N–H and O–H groups in total. The summed E-state index contributed by atoms with van der Waals surface area (Å²) in [5.41, 5.74) is 20.5. The van der Waals surface area contributed by atoms with Crippen LogP contribution in [-0.4, -0.2) is 94.6 Å². The Hall–Kier alpha value is -4.28. The monoisotopic (exact) mass is 514 g/mol. The minimum Gasteiger partial charge on any atom is -0.480 e. The molecule has 0 radical (unpaired) electrons. The van der Waals surface area contributed by atoms with E-state index in [9.17, 15) is 38.4 Å². The van der Waals surface area contributed by atoms with Crippen molar-refractivity contribution in [1.82, 2.24) is 20.9 Å². The molecule has 1 fully saturated rings. The molecule has 7 amide bonds. The van der Waals surface area contributed by atoms with Gasteiger partial charge in [0.15, 0.2) is 0 Å². The highest BCUT2D eigenvalue weighted by Crippen LogP contribution is 2.20. The average molecular weight is 514 g/mol. The van der Waals surface area contributed by atoms with Crippen LogP contribution in [0.2, 0.25) is 0 Å². The lowest BCUT2D eigenvalue weighted by Crippen LogP contribution is -2.58. The fourth-order valence-corrected chi connectivity index (χ4v) is 3.51. The number of carbonyl (C=O) groups excluding carboxylic acids is 7. The van der Waals surface area contributed by atoms with Gasteiger partial charge in [-0.15, -0.1) is 0 Å². The maximum Gasteiger partial charge on any atom is 0.326 e. The van der Waals surface area contributed by atoms with E-state index in [4.69, 9.17) is 28.0 Å². The van der Waals surface area contributed by atoms with Gasteiger partial charge in [-0.1, -0.05) is 0 Å². The fraction of sp³-hybridized carbons (Fsp3) is 0.579. The molecule has 0 spiro atoms. The minimum atomic E-state index is -1.73. The van der Waals surface area contributed by atoms with Gasteiger partial charge in [-0.05, 0) is 12.8 Å². The Balaban J connectivity index is 3.05. The first-order chi connectivity index (χ1) is 16.8. The number of carboxylic acid groups (broad SMARTS) is 1. The lowest BCUT2D eigenvalue weighted by atomic mass is 10.1. The molecule has 0 aliphatic carbocycles. The zero-order chi connectivity index (χ0) is 27.6. The lowest BCUT2D eigenvalue weighted by molar-refractivity contribution is -0.144. The average Bonchev–Trinajstić information content (AvgIpc) is 3.26. The Bertz CT molecular complexity index is 925. The van der Waals surface area contributed by atoms with E-state index in [-0.39, 0.29) is 13.0 Å². The van der Waals surface area contributed by atoms with Crippen molar-refractivity contribution in [1.29, 1.82) is 0 Å². The quantitative estimate of drug-likeness (QED) is 0.108. The summed E-state index contributed by atoms with van der Waals surface area (Å²) >= 11 is 0. The molecule has 0 aromatic carbocycles. The molecule has 1 heterocycles. The van der Waals surface area contributed by atoms with Crippen LogP contribution >= 0.6 is 0 Å². The highest BCUT2D eigenvalue weighted by Gasteiger charge is 2.39. The SMILES string of the molecule is NCC(=O)N[C@@H](CC(N)=O)C(=O)N1CCC[C@H]1C(=O)N[C@@H](CC(N)=O)C(=O)N[C@@H](CC(N)=O)C(=O)O. The van der Waals surface area contributed by atoms with Gasteiger partial charge in [-0.3, -0.25) is 33.6 Å². The number of likely N-dealkylation sites (tertiary alicyclic amines) is 1. The molecule has 17 nitrogen and oxygen atoms in total. The molecule has 0 aromatic rings. The Morgan fingerprint density at radius 1 is 0.806 bits per heavy atom. The summed E-state index contributed by atoms with van der Waals surface area (Å²) in [6.07, 6.45) is -1.55. The smallest absolute Gasteiger partial charge is 0.326 e. The van der Waals surface area contributed by atoms with Gasteiger partial charge in [0.2, 0.25) is 41.4 Å². The zero-order valence-electron chi connectivity index (χ0n) is 19.2. The number of primary amides is 3. The van der Waals surface area contributed by atoms with Crippen LogP contribution in [0.15, 0.2) is 0 Å². The first kappa shape index (κ1) is 29.8. The molecule has 4 atom stereocenters. The van der Waals surface area contributed by atoms with E-state index < -0.39 is 97.3 Å². The summed E-state index contributed by atoms with van der Waals surface area (Å²) < 4.78 is 0. The number of carboxylic acids is 1. The van der Waals surface area contributed by atoms with E-state index in [1.807, 2.05) is 5.32 Å². The predicted molar refractivity (Wildman–Crippen MR) is 119 cm³/mol. The molecule has 1 saturated heterocycles. The standard InChI is InChI=1S/C19H30N8O9/c20-7-15(31)24-9(5-13(22)29)18(34)27-3-1-2-11(27)17(33)25-8(4-12(21)28)16(32)26-10(19(35)36)6-14(23)30/h8-11H,1-7,20H2,(H2,21,28)(H2,22,29)(H2,23,30)(H,24,31)(H,25,33)(H,26,32)(H,35,36)/t8-,9-,10-,11-/m0/s1. The van der Waals surface area contributed by atoms with Gasteiger partial charge in [-0.25, -0.2) is 4.79 Å². The molecule has 1 rings (SSSR count). The normalized spacial score (nSPS) is 17.2. The third-order valence-corrected chi connectivity index (χ3v) is 5.12. The molecule has 0 bridgehead atoms. The van der Waals surface area contributed by atoms with Crippen LogP contribution < -0.4 is 38.9 Å². The Morgan fingerprint density at radius 2 is 1.33 bits per heavy atom. The van der Waals surface area contributed by atoms with Crippen molar-refractivity contribution in [2.45, 2.75) is 56.3 Å². The summed E-state index contributed by atoms with van der Waals surface area (Å²) in [7, 11) is 0. The van der Waals surface area contributed by atoms with Crippen LogP contribution in [0.25, 0.3) is 0 Å². The van der Waals surface area contributed by atoms with Gasteiger partial charge in [0.25, 0.3) is 0 Å². The van der Waals surface area contributed by atoms with Crippen molar-refractivity contribution in [3.8, 4) is 0 Å². The molecule has 0 aromatic heterocycles. The summed E-state index contributed by atoms with van der Waals surface area (Å²) in [5.74, 6) is -8.06. The molecule has 1 aliphatic rings. The second kappa shape index (κ2) is 13.6. The summed E-state index contributed by atoms with van der Waals surface area (Å²) in [5, 5.41) is 15.7. The first-order valence-electron chi connectivity index (χ1n) is 10.7. The van der Waals surface area contributed by atoms with Crippen LogP contribution in [0.5, 0.6) is 0 Å². The highest BCUT2D eigenvalue weighted by atomic mass is 16.4. The third-order valence-electron chi connectivity index (χ3n) is 5.12. The van der Waals surface area contributed by atoms with E-state index in [2.05, 4.69) is 10.6 Å². The van der Waals surface area contributed by atoms with Crippen LogP contribution in [0.4, 0.5) is 0 Å². The zero-order valence-corrected chi connectivity index (χ0v) is 19.2. The molecular weight excluding hydrogens is 484 g/mol. The molecule has 0 unspecified atom stereocenters. The van der Waals surface area contributed by atoms with Gasteiger partial charge < -0.3 is 48.9 Å². The fourth-order valence-electron chi connectivity index (χ4n) is 3.51. The van der Waals surface area contributed by atoms with Crippen LogP contribution in [-0.2, 0) is 38.4 Å². The van der Waals surface area contributed by atoms with Crippen molar-refractivity contribution in [3.05, 3.63) is 0 Å². The molecule has 17 heteroatoms. The summed E-state index contributed by atoms with van der Waals surface area (Å²) in [6.45, 7) is -0.402. The molecule has 200 valence electrons. The maximum absolute atomic E-state index is 13.0. The van der Waals surface area contributed by atoms with Crippen molar-refractivity contribution < 1.29 is 43.5 Å². The third kappa shape index (κ3) is 9.16. The van der Waals surface area contributed by atoms with Gasteiger partial charge >= 0.3 is 5.97 Å². The number of rotatable bonds is 14. The Labute approximate surface area is 204 Å². The number of amides is 7. The molecular formula is C19H30N8O9. The van der Waals surface area contributed by atoms with Crippen LogP contribution in [0.1, 0.15) is 32.1 Å². The highest BCUT2D eigenvalue weighted by molar-refractivity contribution is 5.98. The maximum atomic E-state index is 13.0. The van der Waals surface area contributed by atoms with Crippen molar-refractivity contribution in [3.63, 3.8) is 0 Å². The molecule has 36 heavy (non-hydrogen) atoms. The number of aliphatic carboxylic acids is 1. The van der Waals surface area contributed by atoms with Crippen LogP contribution in [0, 0.1) is 0 Å². The predicted octanol–water partition coefficient (Wildman–Crippen LogP) is -5.90. The van der Waals surface area contributed by atoms with E-state index in [0.717, 1.165) is 4.90 Å². The topological polar surface area (TPSA) is 300 Å². The first-order valence-corrected chi connectivity index (χ1v) is 10.7.